The topological polar surface area (TPSA) is 90.0 Å². The quantitative estimate of drug-likeness (QED) is 0.329. The van der Waals surface area contributed by atoms with Crippen molar-refractivity contribution in [3.8, 4) is 11.5 Å². The van der Waals surface area contributed by atoms with E-state index < -0.39 is 23.8 Å². The lowest BCUT2D eigenvalue weighted by Gasteiger charge is -2.45. The number of ether oxygens (including phenoxy) is 2. The van der Waals surface area contributed by atoms with Crippen molar-refractivity contribution in [3.05, 3.63) is 89.0 Å². The zero-order chi connectivity index (χ0) is 24.4. The van der Waals surface area contributed by atoms with Gasteiger partial charge in [0.05, 0.1) is 17.5 Å². The van der Waals surface area contributed by atoms with E-state index in [-0.39, 0.29) is 40.8 Å². The summed E-state index contributed by atoms with van der Waals surface area (Å²) in [4.78, 5) is 52.2. The van der Waals surface area contributed by atoms with E-state index >= 15 is 0 Å². The first-order chi connectivity index (χ1) is 16.8. The Bertz CT molecular complexity index is 1290. The molecule has 2 amide bonds. The van der Waals surface area contributed by atoms with E-state index in [1.165, 1.54) is 32.0 Å². The molecule has 0 aromatic heterocycles. The predicted octanol–water partition coefficient (Wildman–Crippen LogP) is 3.93. The number of hydrogen-bond acceptors (Lipinski definition) is 6. The Kier molecular flexibility index (Phi) is 4.64. The molecule has 1 heterocycles. The molecule has 0 saturated carbocycles. The highest BCUT2D eigenvalue weighted by atomic mass is 16.5. The van der Waals surface area contributed by atoms with Crippen molar-refractivity contribution in [1.82, 2.24) is 0 Å². The molecule has 0 radical (unpaired) electrons. The lowest BCUT2D eigenvalue weighted by molar-refractivity contribution is -0.132. The predicted molar refractivity (Wildman–Crippen MR) is 125 cm³/mol. The number of nitrogens with zero attached hydrogens (tertiary/aromatic N) is 1. The standard InChI is InChI=1S/C28H21NO6/c1-14(30)34-17-11-16(12-18(13-17)35-15(2)31)29-27(32)25-23-19-7-3-4-8-20(19)24(26(25)28(29)33)22-10-6-5-9-21(22)23/h3-13,23-26H,1-2H3/t23?,24?,25-,26+. The lowest BCUT2D eigenvalue weighted by Crippen LogP contribution is -2.41. The average molecular weight is 467 g/mol. The summed E-state index contributed by atoms with van der Waals surface area (Å²) in [5.41, 5.74) is 4.52. The van der Waals surface area contributed by atoms with Gasteiger partial charge in [-0.2, -0.15) is 0 Å². The molecule has 1 fully saturated rings. The fraction of sp³-hybridized carbons (Fsp3) is 0.214. The summed E-state index contributed by atoms with van der Waals surface area (Å²) >= 11 is 0. The Morgan fingerprint density at radius 1 is 0.657 bits per heavy atom. The van der Waals surface area contributed by atoms with Crippen molar-refractivity contribution in [2.75, 3.05) is 4.90 Å². The molecule has 174 valence electrons. The Hall–Kier alpha value is -4.26. The SMILES string of the molecule is CC(=O)Oc1cc(OC(C)=O)cc(N2C(=O)[C@@H]3C4c5ccccc5C(c5ccccc54)[C@@H]3C2=O)c1. The summed E-state index contributed by atoms with van der Waals surface area (Å²) in [5, 5.41) is 0. The molecule has 7 nitrogen and oxygen atoms in total. The smallest absolute Gasteiger partial charge is 0.308 e. The summed E-state index contributed by atoms with van der Waals surface area (Å²) in [6.45, 7) is 2.48. The number of esters is 2. The van der Waals surface area contributed by atoms with E-state index in [0.717, 1.165) is 27.2 Å². The van der Waals surface area contributed by atoms with Gasteiger partial charge in [-0.25, -0.2) is 4.90 Å². The minimum absolute atomic E-state index is 0.0799. The molecule has 0 unspecified atom stereocenters. The van der Waals surface area contributed by atoms with Crippen molar-refractivity contribution in [2.45, 2.75) is 25.7 Å². The van der Waals surface area contributed by atoms with Crippen molar-refractivity contribution in [1.29, 1.82) is 0 Å². The Labute approximate surface area is 201 Å². The number of rotatable bonds is 3. The second-order valence-corrected chi connectivity index (χ2v) is 9.13. The Balaban J connectivity index is 1.49. The van der Waals surface area contributed by atoms with Crippen LogP contribution in [0.15, 0.2) is 66.7 Å². The normalized spacial score (nSPS) is 23.4. The number of carbonyl (C=O) groups is 4. The Morgan fingerprint density at radius 3 is 1.37 bits per heavy atom. The molecule has 1 aliphatic heterocycles. The van der Waals surface area contributed by atoms with E-state index in [2.05, 4.69) is 0 Å². The lowest BCUT2D eigenvalue weighted by atomic mass is 9.55. The summed E-state index contributed by atoms with van der Waals surface area (Å²) in [7, 11) is 0. The van der Waals surface area contributed by atoms with Crippen LogP contribution < -0.4 is 14.4 Å². The van der Waals surface area contributed by atoms with Crippen molar-refractivity contribution in [2.24, 2.45) is 11.8 Å². The van der Waals surface area contributed by atoms with Gasteiger partial charge in [0.2, 0.25) is 11.8 Å². The number of anilines is 1. The van der Waals surface area contributed by atoms with E-state index in [4.69, 9.17) is 9.47 Å². The Morgan fingerprint density at radius 2 is 1.03 bits per heavy atom. The molecule has 0 spiro atoms. The average Bonchev–Trinajstić information content (AvgIpc) is 3.08. The van der Waals surface area contributed by atoms with Gasteiger partial charge >= 0.3 is 11.9 Å². The molecular weight excluding hydrogens is 446 g/mol. The van der Waals surface area contributed by atoms with Gasteiger partial charge in [-0.1, -0.05) is 48.5 Å². The first-order valence-electron chi connectivity index (χ1n) is 11.4. The maximum Gasteiger partial charge on any atom is 0.308 e. The maximum atomic E-state index is 13.9. The zero-order valence-electron chi connectivity index (χ0n) is 19.1. The first-order valence-corrected chi connectivity index (χ1v) is 11.4. The van der Waals surface area contributed by atoms with Gasteiger partial charge in [0, 0.05) is 43.9 Å². The molecule has 1 saturated heterocycles. The second-order valence-electron chi connectivity index (χ2n) is 9.13. The van der Waals surface area contributed by atoms with Gasteiger partial charge in [0.1, 0.15) is 11.5 Å². The number of imide groups is 1. The molecule has 3 aromatic rings. The van der Waals surface area contributed by atoms with Crippen LogP contribution in [0.25, 0.3) is 0 Å². The van der Waals surface area contributed by atoms with E-state index in [1.807, 2.05) is 48.5 Å². The van der Waals surface area contributed by atoms with Crippen LogP contribution in [-0.2, 0) is 19.2 Å². The van der Waals surface area contributed by atoms with Crippen LogP contribution >= 0.6 is 0 Å². The molecule has 4 aliphatic rings. The van der Waals surface area contributed by atoms with E-state index in [0.29, 0.717) is 0 Å². The van der Waals surface area contributed by atoms with Crippen LogP contribution in [0.5, 0.6) is 11.5 Å². The highest BCUT2D eigenvalue weighted by Crippen LogP contribution is 2.61. The third-order valence-corrected chi connectivity index (χ3v) is 7.09. The van der Waals surface area contributed by atoms with Gasteiger partial charge in [0.15, 0.2) is 0 Å². The molecule has 3 aliphatic carbocycles. The minimum Gasteiger partial charge on any atom is -0.427 e. The molecule has 2 bridgehead atoms. The van der Waals surface area contributed by atoms with Crippen LogP contribution in [0.1, 0.15) is 47.9 Å². The van der Waals surface area contributed by atoms with Gasteiger partial charge in [-0.15, -0.1) is 0 Å². The van der Waals surface area contributed by atoms with Crippen molar-refractivity contribution < 1.29 is 28.7 Å². The van der Waals surface area contributed by atoms with Crippen LogP contribution in [-0.4, -0.2) is 23.8 Å². The third kappa shape index (κ3) is 3.11. The molecule has 35 heavy (non-hydrogen) atoms. The fourth-order valence-corrected chi connectivity index (χ4v) is 6.07. The largest absolute Gasteiger partial charge is 0.427 e. The molecule has 7 rings (SSSR count). The third-order valence-electron chi connectivity index (χ3n) is 7.09. The first kappa shape index (κ1) is 21.3. The molecular formula is C28H21NO6. The zero-order valence-corrected chi connectivity index (χ0v) is 19.1. The summed E-state index contributed by atoms with van der Waals surface area (Å²) in [5.74, 6) is -3.18. The monoisotopic (exact) mass is 467 g/mol. The molecule has 3 aromatic carbocycles. The van der Waals surface area contributed by atoms with Gasteiger partial charge < -0.3 is 9.47 Å². The molecule has 7 heteroatoms. The van der Waals surface area contributed by atoms with E-state index in [1.54, 1.807) is 0 Å². The highest BCUT2D eigenvalue weighted by Gasteiger charge is 2.61. The van der Waals surface area contributed by atoms with E-state index in [9.17, 15) is 19.2 Å². The minimum atomic E-state index is -0.576. The van der Waals surface area contributed by atoms with Crippen LogP contribution in [0.4, 0.5) is 5.69 Å². The molecule has 0 N–H and O–H groups in total. The number of amides is 2. The van der Waals surface area contributed by atoms with Gasteiger partial charge in [0.25, 0.3) is 0 Å². The van der Waals surface area contributed by atoms with Crippen molar-refractivity contribution in [3.63, 3.8) is 0 Å². The maximum absolute atomic E-state index is 13.9. The highest BCUT2D eigenvalue weighted by molar-refractivity contribution is 6.23. The second kappa shape index (κ2) is 7.63. The summed E-state index contributed by atoms with van der Waals surface area (Å²) < 4.78 is 10.4. The van der Waals surface area contributed by atoms with Gasteiger partial charge in [-0.05, 0) is 22.3 Å². The van der Waals surface area contributed by atoms with Crippen LogP contribution in [0.3, 0.4) is 0 Å². The van der Waals surface area contributed by atoms with Gasteiger partial charge in [-0.3, -0.25) is 19.2 Å². The van der Waals surface area contributed by atoms with Crippen LogP contribution in [0.2, 0.25) is 0 Å². The fourth-order valence-electron chi connectivity index (χ4n) is 6.07. The van der Waals surface area contributed by atoms with Crippen LogP contribution in [0, 0.1) is 11.8 Å². The van der Waals surface area contributed by atoms with Crippen molar-refractivity contribution >= 4 is 29.4 Å². The number of hydrogen-bond donors (Lipinski definition) is 0. The number of carbonyl (C=O) groups excluding carboxylic acids is 4. The summed E-state index contributed by atoms with van der Waals surface area (Å²) in [6, 6.07) is 20.3. The molecule has 2 atom stereocenters. The number of benzene rings is 3. The summed E-state index contributed by atoms with van der Waals surface area (Å²) in [6.07, 6.45) is 0.